The first-order chi connectivity index (χ1) is 13.0. The fraction of sp³-hybridized carbons (Fsp3) is 0.750. The standard InChI is InChI=1S/C24H32O3/c1-3-15-13-16-14-17(25)5-6-18(16)19-7-10-23(4-2)20(22(15)19)8-11-24(23)12-9-21(26)27-24/h9,12,14-15,18-20,22H,3-8,10-11,13H2,1-2H3/t15-,18-,19?,20?,22?,23-,24+/m0/s1. The number of fused-ring (bicyclic) bond motifs is 6. The van der Waals surface area contributed by atoms with Crippen molar-refractivity contribution in [3.63, 3.8) is 0 Å². The molecular formula is C24H32O3. The molecule has 0 amide bonds. The normalized spacial score (nSPS) is 48.1. The minimum atomic E-state index is -0.342. The predicted molar refractivity (Wildman–Crippen MR) is 104 cm³/mol. The van der Waals surface area contributed by atoms with Gasteiger partial charge in [-0.05, 0) is 86.7 Å². The number of ether oxygens (including phenoxy) is 1. The molecular weight excluding hydrogens is 336 g/mol. The monoisotopic (exact) mass is 368 g/mol. The van der Waals surface area contributed by atoms with Gasteiger partial charge in [-0.1, -0.05) is 25.8 Å². The quantitative estimate of drug-likeness (QED) is 0.644. The SMILES string of the molecule is CC[C@H]1CC2=CC(=O)CC[C@@H]2C2CC[C@@]3(CC)C(CC[C@@]34C=CC(=O)O4)C21. The summed E-state index contributed by atoms with van der Waals surface area (Å²) < 4.78 is 6.04. The minimum absolute atomic E-state index is 0.121. The van der Waals surface area contributed by atoms with Gasteiger partial charge in [0, 0.05) is 17.9 Å². The third-order valence-electron chi connectivity index (χ3n) is 9.27. The Morgan fingerprint density at radius 2 is 2.00 bits per heavy atom. The topological polar surface area (TPSA) is 43.4 Å². The lowest BCUT2D eigenvalue weighted by Gasteiger charge is -2.58. The molecule has 4 aliphatic carbocycles. The van der Waals surface area contributed by atoms with Gasteiger partial charge in [0.05, 0.1) is 0 Å². The Morgan fingerprint density at radius 3 is 2.70 bits per heavy atom. The van der Waals surface area contributed by atoms with Gasteiger partial charge in [-0.15, -0.1) is 0 Å². The van der Waals surface area contributed by atoms with Crippen molar-refractivity contribution in [2.45, 2.75) is 77.2 Å². The molecule has 0 N–H and O–H groups in total. The van der Waals surface area contributed by atoms with Gasteiger partial charge in [-0.2, -0.15) is 0 Å². The average Bonchev–Trinajstić information content (AvgIpc) is 3.21. The molecule has 1 heterocycles. The van der Waals surface area contributed by atoms with Crippen LogP contribution in [0.25, 0.3) is 0 Å². The van der Waals surface area contributed by atoms with Crippen LogP contribution in [-0.4, -0.2) is 17.4 Å². The van der Waals surface area contributed by atoms with E-state index in [0.717, 1.165) is 43.9 Å². The van der Waals surface area contributed by atoms with Gasteiger partial charge in [0.1, 0.15) is 5.60 Å². The van der Waals surface area contributed by atoms with Crippen LogP contribution in [0.2, 0.25) is 0 Å². The maximum atomic E-state index is 12.0. The number of hydrogen-bond donors (Lipinski definition) is 0. The second-order valence-corrected chi connectivity index (χ2v) is 9.78. The molecule has 146 valence electrons. The van der Waals surface area contributed by atoms with E-state index in [0.29, 0.717) is 23.5 Å². The van der Waals surface area contributed by atoms with Crippen molar-refractivity contribution in [2.75, 3.05) is 0 Å². The molecule has 3 heteroatoms. The number of ketones is 1. The van der Waals surface area contributed by atoms with E-state index in [4.69, 9.17) is 4.74 Å². The Morgan fingerprint density at radius 1 is 1.15 bits per heavy atom. The van der Waals surface area contributed by atoms with Gasteiger partial charge in [0.25, 0.3) is 0 Å². The first kappa shape index (κ1) is 17.7. The maximum Gasteiger partial charge on any atom is 0.331 e. The van der Waals surface area contributed by atoms with Crippen molar-refractivity contribution in [2.24, 2.45) is 35.0 Å². The zero-order valence-electron chi connectivity index (χ0n) is 16.7. The Labute approximate surface area is 162 Å². The van der Waals surface area contributed by atoms with Gasteiger partial charge in [-0.3, -0.25) is 4.79 Å². The van der Waals surface area contributed by atoms with Gasteiger partial charge in [0.15, 0.2) is 5.78 Å². The Balaban J connectivity index is 1.54. The summed E-state index contributed by atoms with van der Waals surface area (Å²) in [7, 11) is 0. The molecule has 5 rings (SSSR count). The van der Waals surface area contributed by atoms with Crippen molar-refractivity contribution in [1.82, 2.24) is 0 Å². The summed E-state index contributed by atoms with van der Waals surface area (Å²) in [5.74, 6) is 3.61. The summed E-state index contributed by atoms with van der Waals surface area (Å²) in [5, 5.41) is 0. The van der Waals surface area contributed by atoms with E-state index in [9.17, 15) is 9.59 Å². The minimum Gasteiger partial charge on any atom is -0.451 e. The average molecular weight is 369 g/mol. The molecule has 0 saturated heterocycles. The number of carbonyl (C=O) groups is 2. The van der Waals surface area contributed by atoms with Crippen molar-refractivity contribution in [3.05, 3.63) is 23.8 Å². The molecule has 3 fully saturated rings. The van der Waals surface area contributed by atoms with E-state index in [1.54, 1.807) is 6.08 Å². The Kier molecular flexibility index (Phi) is 3.97. The molecule has 0 aromatic rings. The van der Waals surface area contributed by atoms with Gasteiger partial charge < -0.3 is 4.74 Å². The maximum absolute atomic E-state index is 12.0. The molecule has 27 heavy (non-hydrogen) atoms. The Hall–Kier alpha value is -1.38. The van der Waals surface area contributed by atoms with Crippen LogP contribution in [0.4, 0.5) is 0 Å². The Bertz CT molecular complexity index is 734. The molecule has 0 bridgehead atoms. The predicted octanol–water partition coefficient (Wildman–Crippen LogP) is 5.01. The highest BCUT2D eigenvalue weighted by molar-refractivity contribution is 5.91. The fourth-order valence-electron chi connectivity index (χ4n) is 8.24. The van der Waals surface area contributed by atoms with Gasteiger partial charge in [-0.25, -0.2) is 4.79 Å². The first-order valence-corrected chi connectivity index (χ1v) is 11.2. The van der Waals surface area contributed by atoms with Crippen molar-refractivity contribution in [3.8, 4) is 0 Å². The number of carbonyl (C=O) groups excluding carboxylic acids is 2. The molecule has 1 spiro atoms. The number of rotatable bonds is 2. The van der Waals surface area contributed by atoms with Crippen LogP contribution in [-0.2, 0) is 14.3 Å². The van der Waals surface area contributed by atoms with E-state index in [2.05, 4.69) is 19.9 Å². The van der Waals surface area contributed by atoms with Crippen molar-refractivity contribution < 1.29 is 14.3 Å². The van der Waals surface area contributed by atoms with Gasteiger partial charge in [0.2, 0.25) is 0 Å². The van der Waals surface area contributed by atoms with Crippen molar-refractivity contribution in [1.29, 1.82) is 0 Å². The summed E-state index contributed by atoms with van der Waals surface area (Å²) in [4.78, 5) is 24.0. The lowest BCUT2D eigenvalue weighted by atomic mass is 9.47. The second kappa shape index (κ2) is 6.06. The zero-order valence-corrected chi connectivity index (χ0v) is 16.7. The third-order valence-corrected chi connectivity index (χ3v) is 9.27. The van der Waals surface area contributed by atoms with E-state index in [1.165, 1.54) is 31.3 Å². The lowest BCUT2D eigenvalue weighted by Crippen LogP contribution is -2.55. The summed E-state index contributed by atoms with van der Waals surface area (Å²) >= 11 is 0. The molecule has 0 radical (unpaired) electrons. The highest BCUT2D eigenvalue weighted by Gasteiger charge is 2.67. The van der Waals surface area contributed by atoms with Crippen LogP contribution in [0.15, 0.2) is 23.8 Å². The fourth-order valence-corrected chi connectivity index (χ4v) is 8.24. The zero-order chi connectivity index (χ0) is 18.8. The highest BCUT2D eigenvalue weighted by atomic mass is 16.6. The smallest absolute Gasteiger partial charge is 0.331 e. The summed E-state index contributed by atoms with van der Waals surface area (Å²) in [6.45, 7) is 4.64. The number of allylic oxidation sites excluding steroid dienone is 1. The summed E-state index contributed by atoms with van der Waals surface area (Å²) in [6, 6.07) is 0. The van der Waals surface area contributed by atoms with Crippen LogP contribution in [0.1, 0.15) is 71.6 Å². The first-order valence-electron chi connectivity index (χ1n) is 11.2. The molecule has 7 atom stereocenters. The van der Waals surface area contributed by atoms with E-state index < -0.39 is 0 Å². The van der Waals surface area contributed by atoms with Crippen molar-refractivity contribution >= 4 is 11.8 Å². The van der Waals surface area contributed by atoms with E-state index in [-0.39, 0.29) is 17.0 Å². The molecule has 3 saturated carbocycles. The molecule has 3 unspecified atom stereocenters. The lowest BCUT2D eigenvalue weighted by molar-refractivity contribution is -0.166. The largest absolute Gasteiger partial charge is 0.451 e. The number of hydrogen-bond acceptors (Lipinski definition) is 3. The van der Waals surface area contributed by atoms with Crippen LogP contribution < -0.4 is 0 Å². The number of esters is 1. The van der Waals surface area contributed by atoms with Crippen LogP contribution in [0.3, 0.4) is 0 Å². The highest BCUT2D eigenvalue weighted by Crippen LogP contribution is 2.69. The summed E-state index contributed by atoms with van der Waals surface area (Å²) in [6.07, 6.45) is 15.6. The molecule has 5 aliphatic rings. The van der Waals surface area contributed by atoms with Crippen LogP contribution in [0, 0.1) is 35.0 Å². The van der Waals surface area contributed by atoms with Crippen LogP contribution >= 0.6 is 0 Å². The van der Waals surface area contributed by atoms with E-state index in [1.807, 2.05) is 6.08 Å². The van der Waals surface area contributed by atoms with Gasteiger partial charge >= 0.3 is 5.97 Å². The molecule has 1 aliphatic heterocycles. The van der Waals surface area contributed by atoms with Crippen LogP contribution in [0.5, 0.6) is 0 Å². The third kappa shape index (κ3) is 2.26. The molecule has 0 aromatic carbocycles. The second-order valence-electron chi connectivity index (χ2n) is 9.78. The van der Waals surface area contributed by atoms with E-state index >= 15 is 0 Å². The molecule has 3 nitrogen and oxygen atoms in total. The summed E-state index contributed by atoms with van der Waals surface area (Å²) in [5.41, 5.74) is 1.24. The molecule has 0 aromatic heterocycles.